The van der Waals surface area contributed by atoms with Crippen LogP contribution in [0.2, 0.25) is 0 Å². The van der Waals surface area contributed by atoms with E-state index in [-0.39, 0.29) is 26.0 Å². The minimum atomic E-state index is -0.575. The Morgan fingerprint density at radius 2 is 1.76 bits per heavy atom. The van der Waals surface area contributed by atoms with Crippen LogP contribution in [0.25, 0.3) is 10.8 Å². The topological polar surface area (TPSA) is 102 Å². The first-order chi connectivity index (χ1) is 15.9. The molecule has 0 fully saturated rings. The van der Waals surface area contributed by atoms with Crippen LogP contribution in [-0.2, 0) is 23.7 Å². The van der Waals surface area contributed by atoms with Crippen LogP contribution in [0.15, 0.2) is 48.6 Å². The lowest BCUT2D eigenvalue weighted by Crippen LogP contribution is -2.30. The molecule has 9 heteroatoms. The first kappa shape index (κ1) is 26.1. The normalized spacial score (nSPS) is 11.6. The summed E-state index contributed by atoms with van der Waals surface area (Å²) in [5, 5.41) is 4.39. The van der Waals surface area contributed by atoms with Crippen LogP contribution in [0.1, 0.15) is 13.8 Å². The average Bonchev–Trinajstić information content (AvgIpc) is 2.79. The molecule has 0 aliphatic heterocycles. The second kappa shape index (κ2) is 14.1. The molecule has 2 rings (SSSR count). The molecule has 2 aromatic carbocycles. The van der Waals surface area contributed by atoms with Gasteiger partial charge in [-0.15, -0.1) is 0 Å². The van der Waals surface area contributed by atoms with Gasteiger partial charge in [0.1, 0.15) is 18.1 Å². The van der Waals surface area contributed by atoms with E-state index in [1.807, 2.05) is 31.2 Å². The lowest BCUT2D eigenvalue weighted by Gasteiger charge is -2.15. The smallest absolute Gasteiger partial charge is 0.412 e. The zero-order chi connectivity index (χ0) is 24.1. The molecule has 0 aliphatic rings. The van der Waals surface area contributed by atoms with Crippen LogP contribution in [0.4, 0.5) is 4.79 Å². The van der Waals surface area contributed by atoms with E-state index in [0.29, 0.717) is 36.9 Å². The predicted octanol–water partition coefficient (Wildman–Crippen LogP) is 3.45. The summed E-state index contributed by atoms with van der Waals surface area (Å²) in [6.45, 7) is 8.61. The number of carbonyl (C=O) groups excluding carboxylic acids is 2. The monoisotopic (exact) mass is 461 g/mol. The lowest BCUT2D eigenvalue weighted by atomic mass is 10.1. The molecule has 0 aromatic heterocycles. The zero-order valence-corrected chi connectivity index (χ0v) is 19.3. The summed E-state index contributed by atoms with van der Waals surface area (Å²) in [6.07, 6.45) is -0.952. The second-order valence-electron chi connectivity index (χ2n) is 7.02. The minimum absolute atomic E-state index is 0.161. The van der Waals surface area contributed by atoms with Gasteiger partial charge in [0.25, 0.3) is 0 Å². The van der Waals surface area contributed by atoms with Gasteiger partial charge in [-0.05, 0) is 43.5 Å². The molecule has 1 N–H and O–H groups in total. The number of hydrogen-bond acceptors (Lipinski definition) is 8. The van der Waals surface area contributed by atoms with Gasteiger partial charge in [0.15, 0.2) is 6.29 Å². The molecular formula is C24H31NO8. The summed E-state index contributed by atoms with van der Waals surface area (Å²) in [5.74, 6) is 0.664. The van der Waals surface area contributed by atoms with Crippen molar-refractivity contribution in [2.45, 2.75) is 20.1 Å². The number of carbonyl (C=O) groups is 2. The Morgan fingerprint density at radius 3 is 2.48 bits per heavy atom. The number of hydrogen-bond donors (Lipinski definition) is 1. The van der Waals surface area contributed by atoms with Gasteiger partial charge in [-0.3, -0.25) is 0 Å². The van der Waals surface area contributed by atoms with Crippen molar-refractivity contribution in [2.24, 2.45) is 0 Å². The number of methoxy groups -OCH3 is 1. The highest BCUT2D eigenvalue weighted by molar-refractivity contribution is 5.90. The van der Waals surface area contributed by atoms with Gasteiger partial charge < -0.3 is 33.7 Å². The Labute approximate surface area is 193 Å². The molecule has 1 unspecified atom stereocenters. The van der Waals surface area contributed by atoms with E-state index in [4.69, 9.17) is 28.4 Å². The number of ether oxygens (including phenoxy) is 6. The quantitative estimate of drug-likeness (QED) is 0.198. The van der Waals surface area contributed by atoms with E-state index in [1.165, 1.54) is 0 Å². The predicted molar refractivity (Wildman–Crippen MR) is 122 cm³/mol. The number of benzene rings is 2. The number of fused-ring (bicyclic) bond motifs is 1. The summed E-state index contributed by atoms with van der Waals surface area (Å²) >= 11 is 0. The molecule has 0 radical (unpaired) electrons. The van der Waals surface area contributed by atoms with Crippen molar-refractivity contribution >= 4 is 22.8 Å². The van der Waals surface area contributed by atoms with Crippen LogP contribution < -0.4 is 14.8 Å². The fourth-order valence-corrected chi connectivity index (χ4v) is 2.63. The first-order valence-electron chi connectivity index (χ1n) is 10.6. The molecule has 2 aromatic rings. The Kier molecular flexibility index (Phi) is 11.2. The molecule has 0 heterocycles. The van der Waals surface area contributed by atoms with Crippen molar-refractivity contribution in [1.29, 1.82) is 0 Å². The van der Waals surface area contributed by atoms with Gasteiger partial charge in [0.05, 0.1) is 26.4 Å². The highest BCUT2D eigenvalue weighted by atomic mass is 16.7. The Bertz CT molecular complexity index is 930. The third-order valence-corrected chi connectivity index (χ3v) is 4.34. The second-order valence-corrected chi connectivity index (χ2v) is 7.02. The van der Waals surface area contributed by atoms with Crippen LogP contribution >= 0.6 is 0 Å². The largest absolute Gasteiger partial charge is 0.465 e. The lowest BCUT2D eigenvalue weighted by molar-refractivity contribution is -0.140. The van der Waals surface area contributed by atoms with E-state index in [1.54, 1.807) is 26.2 Å². The standard InChI is InChI=1S/C24H31NO8/c1-17(2)23(26)31-15-14-30-13-12-29-11-10-25-24(27)33-20-8-9-21-19(16-20)6-5-7-22(21)32-18(3)28-4/h5-9,16,18H,1,10-15H2,2-4H3,(H,25,27). The van der Waals surface area contributed by atoms with Crippen LogP contribution in [0.3, 0.4) is 0 Å². The maximum absolute atomic E-state index is 12.0. The average molecular weight is 462 g/mol. The van der Waals surface area contributed by atoms with Gasteiger partial charge in [-0.25, -0.2) is 9.59 Å². The Balaban J connectivity index is 1.63. The molecule has 0 bridgehead atoms. The van der Waals surface area contributed by atoms with Crippen LogP contribution in [-0.4, -0.2) is 65.0 Å². The van der Waals surface area contributed by atoms with E-state index < -0.39 is 12.1 Å². The van der Waals surface area contributed by atoms with Crippen molar-refractivity contribution in [3.05, 3.63) is 48.6 Å². The van der Waals surface area contributed by atoms with Gasteiger partial charge in [-0.2, -0.15) is 0 Å². The summed E-state index contributed by atoms with van der Waals surface area (Å²) in [5.41, 5.74) is 0.348. The maximum Gasteiger partial charge on any atom is 0.412 e. The summed E-state index contributed by atoms with van der Waals surface area (Å²) in [7, 11) is 1.58. The van der Waals surface area contributed by atoms with Gasteiger partial charge in [-0.1, -0.05) is 18.7 Å². The summed E-state index contributed by atoms with van der Waals surface area (Å²) in [6, 6.07) is 10.9. The van der Waals surface area contributed by atoms with Crippen molar-refractivity contribution in [1.82, 2.24) is 5.32 Å². The summed E-state index contributed by atoms with van der Waals surface area (Å²) < 4.78 is 31.8. The minimum Gasteiger partial charge on any atom is -0.465 e. The molecule has 33 heavy (non-hydrogen) atoms. The van der Waals surface area contributed by atoms with Crippen molar-refractivity contribution in [3.8, 4) is 11.5 Å². The Morgan fingerprint density at radius 1 is 1.03 bits per heavy atom. The van der Waals surface area contributed by atoms with Crippen molar-refractivity contribution < 1.29 is 38.0 Å². The number of nitrogens with one attached hydrogen (secondary N) is 1. The van der Waals surface area contributed by atoms with Crippen molar-refractivity contribution in [3.63, 3.8) is 0 Å². The van der Waals surface area contributed by atoms with Crippen molar-refractivity contribution in [2.75, 3.05) is 46.7 Å². The summed E-state index contributed by atoms with van der Waals surface area (Å²) in [4.78, 5) is 23.2. The SMILES string of the molecule is C=C(C)C(=O)OCCOCCOCCNC(=O)Oc1ccc2c(OC(C)OC)cccc2c1. The van der Waals surface area contributed by atoms with E-state index in [0.717, 1.165) is 10.8 Å². The molecule has 180 valence electrons. The molecule has 0 spiro atoms. The van der Waals surface area contributed by atoms with Gasteiger partial charge in [0.2, 0.25) is 0 Å². The van der Waals surface area contributed by atoms with E-state index in [9.17, 15) is 9.59 Å². The molecular weight excluding hydrogens is 430 g/mol. The molecule has 9 nitrogen and oxygen atoms in total. The first-order valence-corrected chi connectivity index (χ1v) is 10.6. The van der Waals surface area contributed by atoms with E-state index >= 15 is 0 Å². The fraction of sp³-hybridized carbons (Fsp3) is 0.417. The Hall–Kier alpha value is -3.14. The molecule has 1 atom stereocenters. The number of amides is 1. The third-order valence-electron chi connectivity index (χ3n) is 4.34. The molecule has 0 aliphatic carbocycles. The zero-order valence-electron chi connectivity index (χ0n) is 19.3. The van der Waals surface area contributed by atoms with Gasteiger partial charge in [0, 0.05) is 24.6 Å². The van der Waals surface area contributed by atoms with Crippen LogP contribution in [0, 0.1) is 0 Å². The number of rotatable bonds is 14. The maximum atomic E-state index is 12.0. The molecule has 1 amide bonds. The van der Waals surface area contributed by atoms with E-state index in [2.05, 4.69) is 11.9 Å². The number of esters is 1. The third kappa shape index (κ3) is 9.48. The molecule has 0 saturated carbocycles. The van der Waals surface area contributed by atoms with Gasteiger partial charge >= 0.3 is 12.1 Å². The molecule has 0 saturated heterocycles. The highest BCUT2D eigenvalue weighted by Crippen LogP contribution is 2.29. The highest BCUT2D eigenvalue weighted by Gasteiger charge is 2.09. The fourth-order valence-electron chi connectivity index (χ4n) is 2.63. The van der Waals surface area contributed by atoms with Crippen LogP contribution in [0.5, 0.6) is 11.5 Å².